The van der Waals surface area contributed by atoms with Crippen LogP contribution < -0.4 is 10.9 Å². The summed E-state index contributed by atoms with van der Waals surface area (Å²) in [6.45, 7) is 1.76. The molecule has 6 nitrogen and oxygen atoms in total. The van der Waals surface area contributed by atoms with E-state index in [1.165, 1.54) is 32.1 Å². The average molecular weight is 431 g/mol. The predicted octanol–water partition coefficient (Wildman–Crippen LogP) is 4.51. The third-order valence-corrected chi connectivity index (χ3v) is 6.30. The number of nitrogens with one attached hydrogen (secondary N) is 2. The molecule has 0 saturated heterocycles. The van der Waals surface area contributed by atoms with Crippen molar-refractivity contribution in [3.05, 3.63) is 81.9 Å². The normalized spacial score (nSPS) is 15.3. The van der Waals surface area contributed by atoms with E-state index in [0.717, 1.165) is 12.0 Å². The fourth-order valence-electron chi connectivity index (χ4n) is 4.57. The second kappa shape index (κ2) is 10.4. The minimum atomic E-state index is -0.295. The zero-order chi connectivity index (χ0) is 22.3. The number of hydrogen-bond donors (Lipinski definition) is 2. The Bertz CT molecular complexity index is 1090. The van der Waals surface area contributed by atoms with E-state index < -0.39 is 0 Å². The zero-order valence-electron chi connectivity index (χ0n) is 18.5. The number of H-pyrrole nitrogens is 1. The van der Waals surface area contributed by atoms with Crippen molar-refractivity contribution in [3.8, 4) is 11.5 Å². The fourth-order valence-corrected chi connectivity index (χ4v) is 4.57. The summed E-state index contributed by atoms with van der Waals surface area (Å²) in [5.41, 5.74) is 2.36. The molecule has 1 fully saturated rings. The number of amides is 1. The summed E-state index contributed by atoms with van der Waals surface area (Å²) in [6, 6.07) is 15.5. The first-order chi connectivity index (χ1) is 15.6. The van der Waals surface area contributed by atoms with Gasteiger partial charge in [-0.2, -0.15) is 0 Å². The maximum Gasteiger partial charge on any atom is 0.255 e. The third-order valence-electron chi connectivity index (χ3n) is 6.30. The first-order valence-corrected chi connectivity index (χ1v) is 11.5. The Hall–Kier alpha value is -3.28. The lowest BCUT2D eigenvalue weighted by Gasteiger charge is -2.27. The highest BCUT2D eigenvalue weighted by Crippen LogP contribution is 2.32. The molecule has 1 aliphatic rings. The highest BCUT2D eigenvalue weighted by molar-refractivity contribution is 5.79. The van der Waals surface area contributed by atoms with Gasteiger partial charge in [-0.25, -0.2) is 4.98 Å². The van der Waals surface area contributed by atoms with Gasteiger partial charge in [-0.15, -0.1) is 0 Å². The van der Waals surface area contributed by atoms with Gasteiger partial charge in [0.05, 0.1) is 12.5 Å². The Balaban J connectivity index is 1.49. The van der Waals surface area contributed by atoms with Gasteiger partial charge < -0.3 is 10.3 Å². The molecule has 0 unspecified atom stereocenters. The van der Waals surface area contributed by atoms with Gasteiger partial charge >= 0.3 is 0 Å². The van der Waals surface area contributed by atoms with Crippen molar-refractivity contribution in [3.63, 3.8) is 0 Å². The molecule has 1 atom stereocenters. The molecule has 1 aromatic carbocycles. The van der Waals surface area contributed by atoms with Crippen molar-refractivity contribution in [2.45, 2.75) is 57.9 Å². The molecule has 1 aliphatic carbocycles. The SMILES string of the molecule is Cc1nc(-c2ccccn2)[nH]c(=O)c1CC(=O)N[C@@H](CC1CCCCC1)c1ccccc1. The van der Waals surface area contributed by atoms with Crippen LogP contribution in [0.1, 0.15) is 61.4 Å². The highest BCUT2D eigenvalue weighted by Gasteiger charge is 2.23. The second-order valence-electron chi connectivity index (χ2n) is 8.64. The smallest absolute Gasteiger partial charge is 0.255 e. The number of aromatic nitrogens is 3. The minimum absolute atomic E-state index is 0.00463. The van der Waals surface area contributed by atoms with E-state index in [9.17, 15) is 9.59 Å². The third kappa shape index (κ3) is 5.49. The van der Waals surface area contributed by atoms with Crippen LogP contribution in [-0.4, -0.2) is 20.9 Å². The van der Waals surface area contributed by atoms with Crippen LogP contribution in [0.5, 0.6) is 0 Å². The van der Waals surface area contributed by atoms with E-state index in [2.05, 4.69) is 32.4 Å². The number of carbonyl (C=O) groups excluding carboxylic acids is 1. The molecule has 166 valence electrons. The van der Waals surface area contributed by atoms with Gasteiger partial charge in [0.15, 0.2) is 5.82 Å². The molecule has 0 aliphatic heterocycles. The molecule has 1 saturated carbocycles. The lowest BCUT2D eigenvalue weighted by molar-refractivity contribution is -0.121. The second-order valence-corrected chi connectivity index (χ2v) is 8.64. The van der Waals surface area contributed by atoms with Crippen molar-refractivity contribution < 1.29 is 4.79 Å². The Labute approximate surface area is 188 Å². The Kier molecular flexibility index (Phi) is 7.10. The molecule has 4 rings (SSSR count). The van der Waals surface area contributed by atoms with Gasteiger partial charge in [0, 0.05) is 17.5 Å². The van der Waals surface area contributed by atoms with Gasteiger partial charge in [0.25, 0.3) is 5.56 Å². The van der Waals surface area contributed by atoms with Crippen LogP contribution in [0.4, 0.5) is 0 Å². The van der Waals surface area contributed by atoms with Crippen LogP contribution >= 0.6 is 0 Å². The van der Waals surface area contributed by atoms with E-state index in [0.29, 0.717) is 28.7 Å². The van der Waals surface area contributed by atoms with Gasteiger partial charge in [0.2, 0.25) is 5.91 Å². The Morgan fingerprint density at radius 2 is 1.84 bits per heavy atom. The topological polar surface area (TPSA) is 87.7 Å². The van der Waals surface area contributed by atoms with E-state index >= 15 is 0 Å². The summed E-state index contributed by atoms with van der Waals surface area (Å²) in [5, 5.41) is 3.20. The number of carbonyl (C=O) groups is 1. The standard InChI is InChI=1S/C26H30N4O2/c1-18-21(26(32)30-25(28-18)22-14-8-9-15-27-22)17-24(31)29-23(20-12-6-3-7-13-20)16-19-10-4-2-5-11-19/h3,6-9,12-15,19,23H,2,4-5,10-11,16-17H2,1H3,(H,29,31)(H,28,30,32)/t23-/m0/s1. The van der Waals surface area contributed by atoms with Gasteiger partial charge in [-0.05, 0) is 37.0 Å². The van der Waals surface area contributed by atoms with Gasteiger partial charge in [-0.1, -0.05) is 68.5 Å². The molecule has 0 spiro atoms. The van der Waals surface area contributed by atoms with Crippen molar-refractivity contribution in [1.29, 1.82) is 0 Å². The molecule has 32 heavy (non-hydrogen) atoms. The summed E-state index contributed by atoms with van der Waals surface area (Å²) >= 11 is 0. The number of pyridine rings is 1. The number of aromatic amines is 1. The highest BCUT2D eigenvalue weighted by atomic mass is 16.2. The number of hydrogen-bond acceptors (Lipinski definition) is 4. The molecular weight excluding hydrogens is 400 g/mol. The van der Waals surface area contributed by atoms with Crippen molar-refractivity contribution in [1.82, 2.24) is 20.3 Å². The van der Waals surface area contributed by atoms with Crippen LogP contribution in [0.2, 0.25) is 0 Å². The van der Waals surface area contributed by atoms with Gasteiger partial charge in [-0.3, -0.25) is 14.6 Å². The molecule has 0 bridgehead atoms. The molecule has 6 heteroatoms. The van der Waals surface area contributed by atoms with E-state index in [1.807, 2.05) is 30.3 Å². The predicted molar refractivity (Wildman–Crippen MR) is 125 cm³/mol. The summed E-state index contributed by atoms with van der Waals surface area (Å²) in [5.74, 6) is 0.881. The first kappa shape index (κ1) is 21.9. The van der Waals surface area contributed by atoms with Crippen molar-refractivity contribution >= 4 is 5.91 Å². The summed E-state index contributed by atoms with van der Waals surface area (Å²) < 4.78 is 0. The molecule has 2 N–H and O–H groups in total. The molecule has 0 radical (unpaired) electrons. The van der Waals surface area contributed by atoms with Crippen LogP contribution in [0, 0.1) is 12.8 Å². The molecule has 2 heterocycles. The van der Waals surface area contributed by atoms with Crippen LogP contribution in [0.3, 0.4) is 0 Å². The zero-order valence-corrected chi connectivity index (χ0v) is 18.5. The Morgan fingerprint density at radius 3 is 2.53 bits per heavy atom. The van der Waals surface area contributed by atoms with Crippen LogP contribution in [0.25, 0.3) is 11.5 Å². The molecule has 1 amide bonds. The number of nitrogens with zero attached hydrogens (tertiary/aromatic N) is 2. The number of aryl methyl sites for hydroxylation is 1. The van der Waals surface area contributed by atoms with E-state index in [4.69, 9.17) is 0 Å². The van der Waals surface area contributed by atoms with Crippen LogP contribution in [-0.2, 0) is 11.2 Å². The maximum absolute atomic E-state index is 13.0. The van der Waals surface area contributed by atoms with Gasteiger partial charge in [0.1, 0.15) is 5.69 Å². The average Bonchev–Trinajstić information content (AvgIpc) is 2.83. The summed E-state index contributed by atoms with van der Waals surface area (Å²) in [6.07, 6.45) is 8.87. The van der Waals surface area contributed by atoms with E-state index in [-0.39, 0.29) is 23.9 Å². The summed E-state index contributed by atoms with van der Waals surface area (Å²) in [4.78, 5) is 37.2. The Morgan fingerprint density at radius 1 is 1.09 bits per heavy atom. The lowest BCUT2D eigenvalue weighted by atomic mass is 9.83. The van der Waals surface area contributed by atoms with Crippen molar-refractivity contribution in [2.24, 2.45) is 5.92 Å². The number of benzene rings is 1. The monoisotopic (exact) mass is 430 g/mol. The molecular formula is C26H30N4O2. The lowest BCUT2D eigenvalue weighted by Crippen LogP contribution is -2.33. The number of rotatable bonds is 7. The largest absolute Gasteiger partial charge is 0.349 e. The maximum atomic E-state index is 13.0. The minimum Gasteiger partial charge on any atom is -0.349 e. The fraction of sp³-hybridized carbons (Fsp3) is 0.385. The summed E-state index contributed by atoms with van der Waals surface area (Å²) in [7, 11) is 0. The van der Waals surface area contributed by atoms with E-state index in [1.54, 1.807) is 19.2 Å². The molecule has 3 aromatic rings. The quantitative estimate of drug-likeness (QED) is 0.577. The van der Waals surface area contributed by atoms with Crippen molar-refractivity contribution in [2.75, 3.05) is 0 Å². The van der Waals surface area contributed by atoms with Crippen LogP contribution in [0.15, 0.2) is 59.5 Å². The molecule has 2 aromatic heterocycles. The first-order valence-electron chi connectivity index (χ1n) is 11.5.